The number of carbonyl (C=O) groups excluding carboxylic acids is 1. The van der Waals surface area contributed by atoms with E-state index in [9.17, 15) is 9.18 Å². The van der Waals surface area contributed by atoms with E-state index in [1.54, 1.807) is 18.2 Å². The lowest BCUT2D eigenvalue weighted by Gasteiger charge is -2.36. The van der Waals surface area contributed by atoms with Crippen LogP contribution >= 0.6 is 0 Å². The summed E-state index contributed by atoms with van der Waals surface area (Å²) in [5.41, 5.74) is 7.45. The molecule has 23 heavy (non-hydrogen) atoms. The summed E-state index contributed by atoms with van der Waals surface area (Å²) in [7, 11) is 0. The lowest BCUT2D eigenvalue weighted by molar-refractivity contribution is 0.0995. The van der Waals surface area contributed by atoms with Crippen molar-refractivity contribution in [2.45, 2.75) is 31.7 Å². The average molecular weight is 316 g/mol. The highest BCUT2D eigenvalue weighted by Gasteiger charge is 2.27. The van der Waals surface area contributed by atoms with Crippen molar-refractivity contribution >= 4 is 5.91 Å². The number of halogens is 1. The minimum Gasteiger partial charge on any atom is -0.364 e. The zero-order valence-corrected chi connectivity index (χ0v) is 13.1. The molecule has 5 nitrogen and oxygen atoms in total. The van der Waals surface area contributed by atoms with Crippen LogP contribution in [0.2, 0.25) is 0 Å². The van der Waals surface area contributed by atoms with Crippen LogP contribution in [0.15, 0.2) is 30.3 Å². The SMILES string of the molecule is C[C@@H](c1cccc(F)c1)N1CCC[C@@H](c2cc(C(N)=O)n[nH]2)C1. The Morgan fingerprint density at radius 1 is 1.48 bits per heavy atom. The van der Waals surface area contributed by atoms with Crippen LogP contribution in [0.25, 0.3) is 0 Å². The standard InChI is InChI=1S/C17H21FN4O/c1-11(12-4-2-6-14(18)8-12)22-7-3-5-13(10-22)15-9-16(17(19)23)21-20-15/h2,4,6,8-9,11,13H,3,5,7,10H2,1H3,(H2,19,23)(H,20,21)/t11-,13+/m0/s1. The van der Waals surface area contributed by atoms with Gasteiger partial charge in [0.05, 0.1) is 0 Å². The number of nitrogens with one attached hydrogen (secondary N) is 1. The predicted octanol–water partition coefficient (Wildman–Crippen LogP) is 2.59. The third-order valence-corrected chi connectivity index (χ3v) is 4.62. The molecule has 2 aromatic rings. The van der Waals surface area contributed by atoms with Gasteiger partial charge in [-0.1, -0.05) is 12.1 Å². The van der Waals surface area contributed by atoms with Crippen molar-refractivity contribution in [3.05, 3.63) is 53.1 Å². The zero-order valence-electron chi connectivity index (χ0n) is 13.1. The van der Waals surface area contributed by atoms with Crippen LogP contribution in [-0.2, 0) is 0 Å². The molecule has 1 aliphatic rings. The van der Waals surface area contributed by atoms with Crippen molar-refractivity contribution in [2.75, 3.05) is 13.1 Å². The van der Waals surface area contributed by atoms with Crippen molar-refractivity contribution in [3.63, 3.8) is 0 Å². The fraction of sp³-hybridized carbons (Fsp3) is 0.412. The highest BCUT2D eigenvalue weighted by molar-refractivity contribution is 5.90. The Hall–Kier alpha value is -2.21. The third-order valence-electron chi connectivity index (χ3n) is 4.62. The fourth-order valence-electron chi connectivity index (χ4n) is 3.26. The molecule has 1 saturated heterocycles. The summed E-state index contributed by atoms with van der Waals surface area (Å²) < 4.78 is 13.4. The Kier molecular flexibility index (Phi) is 4.43. The maximum absolute atomic E-state index is 13.4. The van der Waals surface area contributed by atoms with Gasteiger partial charge >= 0.3 is 0 Å². The van der Waals surface area contributed by atoms with E-state index >= 15 is 0 Å². The summed E-state index contributed by atoms with van der Waals surface area (Å²) >= 11 is 0. The van der Waals surface area contributed by atoms with Gasteiger partial charge in [0.1, 0.15) is 11.5 Å². The molecule has 0 aliphatic carbocycles. The maximum atomic E-state index is 13.4. The van der Waals surface area contributed by atoms with Gasteiger partial charge in [0.15, 0.2) is 0 Å². The second-order valence-electron chi connectivity index (χ2n) is 6.14. The van der Waals surface area contributed by atoms with Crippen LogP contribution in [0.4, 0.5) is 4.39 Å². The lowest BCUT2D eigenvalue weighted by Crippen LogP contribution is -2.36. The minimum absolute atomic E-state index is 0.145. The minimum atomic E-state index is -0.520. The molecular weight excluding hydrogens is 295 g/mol. The van der Waals surface area contributed by atoms with Gasteiger partial charge in [-0.2, -0.15) is 5.10 Å². The van der Waals surface area contributed by atoms with Gasteiger partial charge in [-0.05, 0) is 50.1 Å². The Balaban J connectivity index is 1.73. The first-order chi connectivity index (χ1) is 11.0. The molecule has 3 rings (SSSR count). The van der Waals surface area contributed by atoms with E-state index in [1.807, 2.05) is 6.07 Å². The number of piperidine rings is 1. The fourth-order valence-corrected chi connectivity index (χ4v) is 3.26. The number of primary amides is 1. The van der Waals surface area contributed by atoms with Gasteiger partial charge in [0.25, 0.3) is 5.91 Å². The summed E-state index contributed by atoms with van der Waals surface area (Å²) in [6.07, 6.45) is 2.09. The molecule has 1 aromatic carbocycles. The predicted molar refractivity (Wildman–Crippen MR) is 85.5 cm³/mol. The van der Waals surface area contributed by atoms with E-state index in [1.165, 1.54) is 6.07 Å². The number of hydrogen-bond acceptors (Lipinski definition) is 3. The summed E-state index contributed by atoms with van der Waals surface area (Å²) in [4.78, 5) is 13.5. The second-order valence-corrected chi connectivity index (χ2v) is 6.14. The van der Waals surface area contributed by atoms with Gasteiger partial charge in [0, 0.05) is 24.2 Å². The van der Waals surface area contributed by atoms with E-state index in [0.29, 0.717) is 0 Å². The first-order valence-electron chi connectivity index (χ1n) is 7.89. The van der Waals surface area contributed by atoms with Crippen LogP contribution in [0.3, 0.4) is 0 Å². The molecule has 0 unspecified atom stereocenters. The van der Waals surface area contributed by atoms with Gasteiger partial charge in [0.2, 0.25) is 0 Å². The van der Waals surface area contributed by atoms with Crippen LogP contribution in [0.1, 0.15) is 53.5 Å². The number of rotatable bonds is 4. The Labute approximate surface area is 134 Å². The molecule has 1 amide bonds. The molecule has 0 spiro atoms. The third kappa shape index (κ3) is 3.42. The summed E-state index contributed by atoms with van der Waals surface area (Å²) in [5.74, 6) is -0.448. The van der Waals surface area contributed by atoms with Crippen molar-refractivity contribution < 1.29 is 9.18 Å². The summed E-state index contributed by atoms with van der Waals surface area (Å²) in [6, 6.07) is 8.64. The van der Waals surface area contributed by atoms with Gasteiger partial charge in [-0.15, -0.1) is 0 Å². The van der Waals surface area contributed by atoms with Crippen LogP contribution in [-0.4, -0.2) is 34.1 Å². The number of H-pyrrole nitrogens is 1. The number of benzene rings is 1. The van der Waals surface area contributed by atoms with Gasteiger partial charge < -0.3 is 5.73 Å². The van der Waals surface area contributed by atoms with Crippen LogP contribution < -0.4 is 5.73 Å². The van der Waals surface area contributed by atoms with Crippen molar-refractivity contribution in [3.8, 4) is 0 Å². The number of aromatic amines is 1. The van der Waals surface area contributed by atoms with Crippen molar-refractivity contribution in [1.82, 2.24) is 15.1 Å². The molecule has 0 radical (unpaired) electrons. The molecule has 6 heteroatoms. The molecule has 3 N–H and O–H groups in total. The number of aromatic nitrogens is 2. The maximum Gasteiger partial charge on any atom is 0.269 e. The first-order valence-corrected chi connectivity index (χ1v) is 7.89. The topological polar surface area (TPSA) is 75.0 Å². The molecule has 0 saturated carbocycles. The van der Waals surface area contributed by atoms with Gasteiger partial charge in [-0.25, -0.2) is 4.39 Å². The van der Waals surface area contributed by atoms with E-state index in [0.717, 1.165) is 37.2 Å². The van der Waals surface area contributed by atoms with E-state index in [4.69, 9.17) is 5.73 Å². The molecule has 2 atom stereocenters. The van der Waals surface area contributed by atoms with E-state index < -0.39 is 5.91 Å². The van der Waals surface area contributed by atoms with E-state index in [2.05, 4.69) is 22.0 Å². The number of likely N-dealkylation sites (tertiary alicyclic amines) is 1. The normalized spacial score (nSPS) is 20.3. The number of nitrogens with two attached hydrogens (primary N) is 1. The molecule has 2 heterocycles. The molecule has 1 fully saturated rings. The van der Waals surface area contributed by atoms with Crippen LogP contribution in [0.5, 0.6) is 0 Å². The first kappa shape index (κ1) is 15.7. The number of carbonyl (C=O) groups is 1. The summed E-state index contributed by atoms with van der Waals surface area (Å²) in [6.45, 7) is 3.92. The molecule has 1 aliphatic heterocycles. The Bertz CT molecular complexity index is 699. The lowest BCUT2D eigenvalue weighted by atomic mass is 9.92. The van der Waals surface area contributed by atoms with Gasteiger partial charge in [-0.3, -0.25) is 14.8 Å². The van der Waals surface area contributed by atoms with Crippen LogP contribution in [0, 0.1) is 5.82 Å². The quantitative estimate of drug-likeness (QED) is 0.910. The Morgan fingerprint density at radius 2 is 2.30 bits per heavy atom. The van der Waals surface area contributed by atoms with E-state index in [-0.39, 0.29) is 23.5 Å². The number of nitrogens with zero attached hydrogens (tertiary/aromatic N) is 2. The van der Waals surface area contributed by atoms with Crippen molar-refractivity contribution in [2.24, 2.45) is 5.73 Å². The number of hydrogen-bond donors (Lipinski definition) is 2. The highest BCUT2D eigenvalue weighted by atomic mass is 19.1. The largest absolute Gasteiger partial charge is 0.364 e. The van der Waals surface area contributed by atoms with Crippen molar-refractivity contribution in [1.29, 1.82) is 0 Å². The molecule has 122 valence electrons. The monoisotopic (exact) mass is 316 g/mol. The second kappa shape index (κ2) is 6.50. The molecular formula is C17H21FN4O. The average Bonchev–Trinajstić information content (AvgIpc) is 3.04. The number of amides is 1. The summed E-state index contributed by atoms with van der Waals surface area (Å²) in [5, 5.41) is 6.89. The smallest absolute Gasteiger partial charge is 0.269 e. The Morgan fingerprint density at radius 3 is 3.00 bits per heavy atom. The molecule has 0 bridgehead atoms. The molecule has 1 aromatic heterocycles. The highest BCUT2D eigenvalue weighted by Crippen LogP contribution is 2.31. The zero-order chi connectivity index (χ0) is 16.4.